The highest BCUT2D eigenvalue weighted by atomic mass is 35.5. The van der Waals surface area contributed by atoms with Crippen LogP contribution in [0.3, 0.4) is 0 Å². The molecule has 16 heavy (non-hydrogen) atoms. The first-order valence-corrected chi connectivity index (χ1v) is 5.16. The van der Waals surface area contributed by atoms with Gasteiger partial charge in [0, 0.05) is 0 Å². The van der Waals surface area contributed by atoms with Crippen molar-refractivity contribution in [3.63, 3.8) is 0 Å². The van der Waals surface area contributed by atoms with Gasteiger partial charge < -0.3 is 15.1 Å². The molecule has 0 aliphatic rings. The Hall–Kier alpha value is -1.59. The second kappa shape index (κ2) is 4.96. The van der Waals surface area contributed by atoms with Crippen LogP contribution >= 0.6 is 11.6 Å². The summed E-state index contributed by atoms with van der Waals surface area (Å²) >= 11 is 5.98. The van der Waals surface area contributed by atoms with Crippen LogP contribution < -0.4 is 10.6 Å². The molecule has 1 heterocycles. The molecule has 0 bridgehead atoms. The lowest BCUT2D eigenvalue weighted by Crippen LogP contribution is -2.04. The fourth-order valence-corrected chi connectivity index (χ4v) is 1.39. The fraction of sp³-hybridized carbons (Fsp3) is 0.200. The molecule has 0 atom stereocenters. The first-order chi connectivity index (χ1) is 7.79. The molecule has 0 spiro atoms. The number of hydrogen-bond donors (Lipinski definition) is 2. The van der Waals surface area contributed by atoms with Gasteiger partial charge in [0.1, 0.15) is 0 Å². The predicted molar refractivity (Wildman–Crippen MR) is 61.8 cm³/mol. The SMILES string of the molecule is CNCc1nnc(Nc2ccccc2Cl)o1. The molecule has 5 nitrogen and oxygen atoms in total. The van der Waals surface area contributed by atoms with Gasteiger partial charge >= 0.3 is 6.01 Å². The van der Waals surface area contributed by atoms with Crippen molar-refractivity contribution in [1.29, 1.82) is 0 Å². The zero-order chi connectivity index (χ0) is 11.4. The smallest absolute Gasteiger partial charge is 0.320 e. The van der Waals surface area contributed by atoms with Gasteiger partial charge in [0.05, 0.1) is 17.3 Å². The second-order valence-electron chi connectivity index (χ2n) is 3.14. The van der Waals surface area contributed by atoms with E-state index in [2.05, 4.69) is 20.8 Å². The monoisotopic (exact) mass is 238 g/mol. The van der Waals surface area contributed by atoms with E-state index < -0.39 is 0 Å². The molecule has 0 amide bonds. The predicted octanol–water partition coefficient (Wildman–Crippen LogP) is 2.19. The number of para-hydroxylation sites is 1. The number of nitrogens with zero attached hydrogens (tertiary/aromatic N) is 2. The van der Waals surface area contributed by atoms with E-state index in [0.29, 0.717) is 23.5 Å². The molecule has 0 fully saturated rings. The zero-order valence-corrected chi connectivity index (χ0v) is 9.45. The minimum Gasteiger partial charge on any atom is -0.406 e. The van der Waals surface area contributed by atoms with E-state index in [1.54, 1.807) is 6.07 Å². The van der Waals surface area contributed by atoms with E-state index in [1.807, 2.05) is 25.2 Å². The summed E-state index contributed by atoms with van der Waals surface area (Å²) in [6.07, 6.45) is 0. The van der Waals surface area contributed by atoms with Crippen LogP contribution in [-0.4, -0.2) is 17.2 Å². The summed E-state index contributed by atoms with van der Waals surface area (Å²) in [6.45, 7) is 0.539. The third-order valence-corrected chi connectivity index (χ3v) is 2.24. The molecule has 2 rings (SSSR count). The third-order valence-electron chi connectivity index (χ3n) is 1.91. The lowest BCUT2D eigenvalue weighted by atomic mass is 10.3. The number of rotatable bonds is 4. The Balaban J connectivity index is 2.11. The molecule has 2 aromatic rings. The van der Waals surface area contributed by atoms with Crippen molar-refractivity contribution in [1.82, 2.24) is 15.5 Å². The lowest BCUT2D eigenvalue weighted by molar-refractivity contribution is 0.493. The maximum absolute atomic E-state index is 5.98. The summed E-state index contributed by atoms with van der Waals surface area (Å²) in [4.78, 5) is 0. The van der Waals surface area contributed by atoms with Gasteiger partial charge in [0.25, 0.3) is 0 Å². The molecule has 0 unspecified atom stereocenters. The van der Waals surface area contributed by atoms with Crippen molar-refractivity contribution < 1.29 is 4.42 Å². The number of benzene rings is 1. The van der Waals surface area contributed by atoms with E-state index in [0.717, 1.165) is 5.69 Å². The van der Waals surface area contributed by atoms with Crippen molar-refractivity contribution in [2.75, 3.05) is 12.4 Å². The van der Waals surface area contributed by atoms with E-state index in [9.17, 15) is 0 Å². The Morgan fingerprint density at radius 2 is 2.12 bits per heavy atom. The zero-order valence-electron chi connectivity index (χ0n) is 8.70. The first-order valence-electron chi connectivity index (χ1n) is 4.78. The Labute approximate surface area is 97.8 Å². The topological polar surface area (TPSA) is 63.0 Å². The Morgan fingerprint density at radius 1 is 1.31 bits per heavy atom. The van der Waals surface area contributed by atoms with Crippen molar-refractivity contribution in [2.24, 2.45) is 0 Å². The number of aromatic nitrogens is 2. The number of nitrogens with one attached hydrogen (secondary N) is 2. The van der Waals surface area contributed by atoms with Crippen LogP contribution in [-0.2, 0) is 6.54 Å². The van der Waals surface area contributed by atoms with Crippen molar-refractivity contribution in [3.05, 3.63) is 35.2 Å². The van der Waals surface area contributed by atoms with Crippen LogP contribution in [0.1, 0.15) is 5.89 Å². The largest absolute Gasteiger partial charge is 0.406 e. The van der Waals surface area contributed by atoms with Crippen LogP contribution in [0.2, 0.25) is 5.02 Å². The normalized spacial score (nSPS) is 10.4. The molecule has 1 aromatic carbocycles. The molecule has 6 heteroatoms. The Kier molecular flexibility index (Phi) is 3.38. The van der Waals surface area contributed by atoms with Crippen molar-refractivity contribution in [2.45, 2.75) is 6.54 Å². The average Bonchev–Trinajstić information content (AvgIpc) is 2.70. The van der Waals surface area contributed by atoms with E-state index >= 15 is 0 Å². The molecule has 0 saturated heterocycles. The van der Waals surface area contributed by atoms with Crippen LogP contribution in [0.25, 0.3) is 0 Å². The highest BCUT2D eigenvalue weighted by Gasteiger charge is 2.06. The Bertz CT molecular complexity index is 471. The summed E-state index contributed by atoms with van der Waals surface area (Å²) in [5, 5.41) is 14.2. The van der Waals surface area contributed by atoms with Crippen LogP contribution in [0.4, 0.5) is 11.7 Å². The van der Waals surface area contributed by atoms with Crippen LogP contribution in [0, 0.1) is 0 Å². The summed E-state index contributed by atoms with van der Waals surface area (Å²) in [7, 11) is 1.81. The second-order valence-corrected chi connectivity index (χ2v) is 3.54. The molecule has 84 valence electrons. The lowest BCUT2D eigenvalue weighted by Gasteiger charge is -2.02. The molecule has 0 saturated carbocycles. The molecule has 0 aliphatic carbocycles. The molecule has 1 aromatic heterocycles. The van der Waals surface area contributed by atoms with Gasteiger partial charge in [-0.25, -0.2) is 0 Å². The van der Waals surface area contributed by atoms with Gasteiger partial charge in [-0.05, 0) is 19.2 Å². The summed E-state index contributed by atoms with van der Waals surface area (Å²) in [6, 6.07) is 7.68. The highest BCUT2D eigenvalue weighted by molar-refractivity contribution is 6.33. The minimum atomic E-state index is 0.332. The van der Waals surface area contributed by atoms with Crippen LogP contribution in [0.5, 0.6) is 0 Å². The number of anilines is 2. The van der Waals surface area contributed by atoms with E-state index in [1.165, 1.54) is 0 Å². The van der Waals surface area contributed by atoms with Gasteiger partial charge in [-0.1, -0.05) is 28.8 Å². The minimum absolute atomic E-state index is 0.332. The van der Waals surface area contributed by atoms with E-state index in [-0.39, 0.29) is 0 Å². The molecular weight excluding hydrogens is 228 g/mol. The summed E-state index contributed by atoms with van der Waals surface area (Å²) in [5.74, 6) is 0.525. The summed E-state index contributed by atoms with van der Waals surface area (Å²) < 4.78 is 5.33. The number of hydrogen-bond acceptors (Lipinski definition) is 5. The van der Waals surface area contributed by atoms with E-state index in [4.69, 9.17) is 16.0 Å². The molecule has 0 aliphatic heterocycles. The van der Waals surface area contributed by atoms with Gasteiger partial charge in [0.2, 0.25) is 5.89 Å². The molecular formula is C10H11ClN4O. The first kappa shape index (κ1) is 10.9. The fourth-order valence-electron chi connectivity index (χ4n) is 1.20. The Morgan fingerprint density at radius 3 is 2.88 bits per heavy atom. The quantitative estimate of drug-likeness (QED) is 0.855. The van der Waals surface area contributed by atoms with Crippen molar-refractivity contribution in [3.8, 4) is 0 Å². The molecule has 0 radical (unpaired) electrons. The molecule has 2 N–H and O–H groups in total. The maximum atomic E-state index is 5.98. The van der Waals surface area contributed by atoms with Crippen molar-refractivity contribution >= 4 is 23.3 Å². The number of halogens is 1. The van der Waals surface area contributed by atoms with Gasteiger partial charge in [-0.3, -0.25) is 0 Å². The third kappa shape index (κ3) is 2.50. The standard InChI is InChI=1S/C10H11ClN4O/c1-12-6-9-14-15-10(16-9)13-8-5-3-2-4-7(8)11/h2-5,12H,6H2,1H3,(H,13,15). The summed E-state index contributed by atoms with van der Waals surface area (Å²) in [5.41, 5.74) is 0.740. The average molecular weight is 239 g/mol. The maximum Gasteiger partial charge on any atom is 0.320 e. The van der Waals surface area contributed by atoms with Crippen LogP contribution in [0.15, 0.2) is 28.7 Å². The highest BCUT2D eigenvalue weighted by Crippen LogP contribution is 2.23. The van der Waals surface area contributed by atoms with Gasteiger partial charge in [0.15, 0.2) is 0 Å². The van der Waals surface area contributed by atoms with Gasteiger partial charge in [-0.15, -0.1) is 5.10 Å². The van der Waals surface area contributed by atoms with Gasteiger partial charge in [-0.2, -0.15) is 0 Å².